The molecule has 14 heteroatoms. The second kappa shape index (κ2) is 41.7. The number of hydrogen-bond donors (Lipinski definition) is 7. The van der Waals surface area contributed by atoms with Crippen LogP contribution < -0.4 is 5.73 Å². The first-order valence-electron chi connectivity index (χ1n) is 15.1. The van der Waals surface area contributed by atoms with E-state index in [0.717, 1.165) is 0 Å². The van der Waals surface area contributed by atoms with Gasteiger partial charge in [-0.25, -0.2) is 9.59 Å². The van der Waals surface area contributed by atoms with Gasteiger partial charge in [0, 0.05) is 19.4 Å². The molecule has 44 heavy (non-hydrogen) atoms. The Morgan fingerprint density at radius 3 is 1.09 bits per heavy atom. The molecule has 0 aliphatic rings. The number of aliphatic hydroxyl groups excluding tert-OH is 1. The molecular formula is C30H57NO13. The standard InChI is InChI=1S/C16H34.C5H9NO4.C5H6O5.C2H2O3.C2H6O/c1-3-5-7-9-11-13-15-16-14-12-10-8-6-4-2;2*6-3(5(9)10)1-2-4(7)8;3-1-2(4)5;1-2-3/h3-16H2,1-2H3;3H,1-2,6H2,(H,7,8)(H,9,10);1-2H2,(H,7,8)(H,9,10);1H,(H,4,5);3H,2H2,1H3/t;3-;;;/m.0.../s1. The summed E-state index contributed by atoms with van der Waals surface area (Å²) in [6, 6.07) is -1.06. The summed E-state index contributed by atoms with van der Waals surface area (Å²) in [7, 11) is 0. The lowest BCUT2D eigenvalue weighted by Gasteiger charge is -2.02. The molecule has 0 amide bonds. The smallest absolute Gasteiger partial charge is 0.372 e. The van der Waals surface area contributed by atoms with Crippen molar-refractivity contribution in [3.05, 3.63) is 0 Å². The van der Waals surface area contributed by atoms with Crippen LogP contribution in [-0.4, -0.2) is 85.2 Å². The first kappa shape index (κ1) is 50.2. The third-order valence-electron chi connectivity index (χ3n) is 5.35. The lowest BCUT2D eigenvalue weighted by molar-refractivity contribution is -0.150. The van der Waals surface area contributed by atoms with Crippen LogP contribution in [0.4, 0.5) is 0 Å². The van der Waals surface area contributed by atoms with Gasteiger partial charge in [-0.05, 0) is 13.3 Å². The Hall–Kier alpha value is -3.39. The van der Waals surface area contributed by atoms with Crippen molar-refractivity contribution in [3.63, 3.8) is 0 Å². The molecular weight excluding hydrogens is 582 g/mol. The van der Waals surface area contributed by atoms with E-state index < -0.39 is 54.5 Å². The van der Waals surface area contributed by atoms with E-state index in [1.807, 2.05) is 0 Å². The summed E-state index contributed by atoms with van der Waals surface area (Å²) in [6.45, 7) is 6.51. The van der Waals surface area contributed by atoms with Gasteiger partial charge in [-0.15, -0.1) is 0 Å². The molecule has 0 fully saturated rings. The van der Waals surface area contributed by atoms with E-state index in [0.29, 0.717) is 0 Å². The highest BCUT2D eigenvalue weighted by Crippen LogP contribution is 2.12. The van der Waals surface area contributed by atoms with Crippen molar-refractivity contribution in [3.8, 4) is 0 Å². The molecule has 0 rings (SSSR count). The van der Waals surface area contributed by atoms with Gasteiger partial charge in [-0.2, -0.15) is 0 Å². The predicted molar refractivity (Wildman–Crippen MR) is 164 cm³/mol. The Kier molecular flexibility index (Phi) is 47.7. The van der Waals surface area contributed by atoms with Crippen LogP contribution in [0.25, 0.3) is 0 Å². The van der Waals surface area contributed by atoms with Crippen LogP contribution in [0.5, 0.6) is 0 Å². The van der Waals surface area contributed by atoms with Crippen molar-refractivity contribution in [2.75, 3.05) is 6.61 Å². The minimum atomic E-state index is -1.58. The van der Waals surface area contributed by atoms with Gasteiger partial charge < -0.3 is 36.4 Å². The number of aliphatic hydroxyl groups is 1. The zero-order chi connectivity index (χ0) is 35.2. The highest BCUT2D eigenvalue weighted by molar-refractivity contribution is 6.32. The lowest BCUT2D eigenvalue weighted by atomic mass is 10.0. The number of Topliss-reactive ketones (excluding diaryl/α,β-unsaturated/α-hetero) is 1. The molecule has 0 saturated heterocycles. The molecule has 1 atom stereocenters. The molecule has 0 aromatic carbocycles. The summed E-state index contributed by atoms with van der Waals surface area (Å²) in [5, 5.41) is 47.1. The molecule has 0 aliphatic carbocycles. The van der Waals surface area contributed by atoms with Gasteiger partial charge in [-0.3, -0.25) is 24.0 Å². The van der Waals surface area contributed by atoms with Crippen LogP contribution in [-0.2, 0) is 33.6 Å². The molecule has 0 radical (unpaired) electrons. The van der Waals surface area contributed by atoms with E-state index in [9.17, 15) is 24.0 Å². The third-order valence-corrected chi connectivity index (χ3v) is 5.35. The van der Waals surface area contributed by atoms with Crippen molar-refractivity contribution in [1.29, 1.82) is 0 Å². The van der Waals surface area contributed by atoms with Crippen molar-refractivity contribution >= 4 is 41.9 Å². The minimum absolute atomic E-state index is 0.0231. The highest BCUT2D eigenvalue weighted by atomic mass is 16.4. The monoisotopic (exact) mass is 639 g/mol. The number of aldehydes is 1. The molecule has 0 aliphatic heterocycles. The normalized spacial score (nSPS) is 9.93. The van der Waals surface area contributed by atoms with E-state index in [1.54, 1.807) is 6.92 Å². The maximum absolute atomic E-state index is 10.2. The summed E-state index contributed by atoms with van der Waals surface area (Å²) in [4.78, 5) is 67.5. The number of nitrogens with two attached hydrogens (primary N) is 1. The average molecular weight is 640 g/mol. The molecule has 0 aromatic heterocycles. The topological polar surface area (TPSA) is 267 Å². The van der Waals surface area contributed by atoms with Crippen LogP contribution in [0.3, 0.4) is 0 Å². The number of rotatable bonds is 22. The Morgan fingerprint density at radius 1 is 0.591 bits per heavy atom. The lowest BCUT2D eigenvalue weighted by Crippen LogP contribution is -2.30. The summed E-state index contributed by atoms with van der Waals surface area (Å²) >= 11 is 0. The van der Waals surface area contributed by atoms with Gasteiger partial charge >= 0.3 is 29.8 Å². The van der Waals surface area contributed by atoms with Crippen LogP contribution in [0.1, 0.15) is 136 Å². The van der Waals surface area contributed by atoms with Crippen molar-refractivity contribution in [1.82, 2.24) is 0 Å². The largest absolute Gasteiger partial charge is 0.481 e. The minimum Gasteiger partial charge on any atom is -0.481 e. The highest BCUT2D eigenvalue weighted by Gasteiger charge is 2.12. The van der Waals surface area contributed by atoms with Gasteiger partial charge in [0.05, 0.1) is 6.42 Å². The predicted octanol–water partition coefficient (Wildman–Crippen LogP) is 4.52. The molecule has 0 saturated carbocycles. The fourth-order valence-electron chi connectivity index (χ4n) is 3.00. The maximum Gasteiger partial charge on any atom is 0.372 e. The average Bonchev–Trinajstić information content (AvgIpc) is 2.96. The van der Waals surface area contributed by atoms with Gasteiger partial charge in [0.15, 0.2) is 0 Å². The molecule has 0 unspecified atom stereocenters. The van der Waals surface area contributed by atoms with E-state index in [2.05, 4.69) is 13.8 Å². The van der Waals surface area contributed by atoms with Crippen molar-refractivity contribution in [2.24, 2.45) is 5.73 Å². The van der Waals surface area contributed by atoms with Gasteiger partial charge in [0.2, 0.25) is 12.1 Å². The molecule has 0 spiro atoms. The first-order chi connectivity index (χ1) is 20.7. The quantitative estimate of drug-likeness (QED) is 0.0487. The number of carbonyl (C=O) groups is 7. The summed E-state index contributed by atoms with van der Waals surface area (Å²) in [5.74, 6) is -7.44. The van der Waals surface area contributed by atoms with Crippen LogP contribution in [0, 0.1) is 0 Å². The second-order valence-electron chi connectivity index (χ2n) is 9.51. The van der Waals surface area contributed by atoms with Crippen molar-refractivity contribution < 1.29 is 64.2 Å². The SMILES string of the molecule is CCCCCCCCCCCCCCCC.CCO.N[C@@H](CCC(=O)O)C(=O)O.O=C(O)CCC(=O)C(=O)O.O=CC(=O)O. The molecule has 8 N–H and O–H groups in total. The van der Waals surface area contributed by atoms with E-state index in [1.165, 1.54) is 89.9 Å². The summed E-state index contributed by atoms with van der Waals surface area (Å²) in [5.41, 5.74) is 5.00. The van der Waals surface area contributed by atoms with E-state index in [4.69, 9.17) is 46.0 Å². The number of carboxylic acid groups (broad SMARTS) is 5. The molecule has 14 nitrogen and oxygen atoms in total. The van der Waals surface area contributed by atoms with Crippen LogP contribution >= 0.6 is 0 Å². The second-order valence-corrected chi connectivity index (χ2v) is 9.51. The fraction of sp³-hybridized carbons (Fsp3) is 0.767. The van der Waals surface area contributed by atoms with Crippen molar-refractivity contribution in [2.45, 2.75) is 142 Å². The fourth-order valence-corrected chi connectivity index (χ4v) is 3.00. The van der Waals surface area contributed by atoms with Crippen LogP contribution in [0.15, 0.2) is 0 Å². The zero-order valence-electron chi connectivity index (χ0n) is 26.7. The molecule has 260 valence electrons. The number of unbranched alkanes of at least 4 members (excludes halogenated alkanes) is 13. The summed E-state index contributed by atoms with van der Waals surface area (Å²) < 4.78 is 0. The van der Waals surface area contributed by atoms with Gasteiger partial charge in [0.1, 0.15) is 6.04 Å². The molecule has 0 aromatic rings. The zero-order valence-corrected chi connectivity index (χ0v) is 26.7. The number of hydrogen-bond acceptors (Lipinski definition) is 9. The molecule has 0 heterocycles. The number of carboxylic acids is 5. The Labute approximate surface area is 261 Å². The first-order valence-corrected chi connectivity index (χ1v) is 15.1. The van der Waals surface area contributed by atoms with Gasteiger partial charge in [0.25, 0.3) is 0 Å². The Bertz CT molecular complexity index is 728. The maximum atomic E-state index is 10.2. The Morgan fingerprint density at radius 2 is 0.886 bits per heavy atom. The molecule has 0 bridgehead atoms. The third kappa shape index (κ3) is 62.3. The van der Waals surface area contributed by atoms with E-state index in [-0.39, 0.29) is 25.7 Å². The van der Waals surface area contributed by atoms with Gasteiger partial charge in [-0.1, -0.05) is 104 Å². The van der Waals surface area contributed by atoms with E-state index >= 15 is 0 Å². The Balaban J connectivity index is -0.000000158. The number of aliphatic carboxylic acids is 5. The van der Waals surface area contributed by atoms with Crippen LogP contribution in [0.2, 0.25) is 0 Å². The summed E-state index contributed by atoms with van der Waals surface area (Å²) in [6.07, 6.45) is 19.2. The number of ketones is 1. The number of carbonyl (C=O) groups excluding carboxylic acids is 2.